The highest BCUT2D eigenvalue weighted by molar-refractivity contribution is 6.05. The maximum atomic E-state index is 14.3. The molecule has 38 heavy (non-hydrogen) atoms. The highest BCUT2D eigenvalue weighted by Crippen LogP contribution is 2.44. The molecule has 9 nitrogen and oxygen atoms in total. The maximum absolute atomic E-state index is 14.3. The van der Waals surface area contributed by atoms with E-state index in [1.165, 1.54) is 28.5 Å². The fraction of sp³-hybridized carbons (Fsp3) is 0.654. The van der Waals surface area contributed by atoms with Gasteiger partial charge in [0.25, 0.3) is 11.8 Å². The van der Waals surface area contributed by atoms with Crippen LogP contribution in [0.2, 0.25) is 0 Å². The zero-order valence-electron chi connectivity index (χ0n) is 22.5. The third-order valence-corrected chi connectivity index (χ3v) is 6.84. The first-order chi connectivity index (χ1) is 17.7. The van der Waals surface area contributed by atoms with Gasteiger partial charge in [-0.05, 0) is 65.6 Å². The first-order valence-corrected chi connectivity index (χ1v) is 13.0. The van der Waals surface area contributed by atoms with Crippen LogP contribution in [0, 0.1) is 0 Å². The number of halogens is 3. The minimum Gasteiger partial charge on any atom is -0.476 e. The molecule has 2 N–H and O–H groups in total. The van der Waals surface area contributed by atoms with Crippen LogP contribution in [0.25, 0.3) is 0 Å². The molecule has 2 aliphatic heterocycles. The summed E-state index contributed by atoms with van der Waals surface area (Å²) in [6.45, 7) is 9.96. The third-order valence-electron chi connectivity index (χ3n) is 6.84. The molecule has 0 spiro atoms. The van der Waals surface area contributed by atoms with Gasteiger partial charge in [-0.15, -0.1) is 0 Å². The molecule has 1 atom stereocenters. The van der Waals surface area contributed by atoms with Crippen LogP contribution in [-0.4, -0.2) is 83.2 Å². The van der Waals surface area contributed by atoms with E-state index in [1.807, 2.05) is 6.92 Å². The molecule has 0 saturated carbocycles. The van der Waals surface area contributed by atoms with Crippen molar-refractivity contribution in [3.05, 3.63) is 23.3 Å². The van der Waals surface area contributed by atoms with Gasteiger partial charge in [-0.2, -0.15) is 13.2 Å². The summed E-state index contributed by atoms with van der Waals surface area (Å²) in [5, 5.41) is 12.6. The molecule has 2 aliphatic rings. The van der Waals surface area contributed by atoms with Gasteiger partial charge in [0.1, 0.15) is 5.75 Å². The average Bonchev–Trinajstić information content (AvgIpc) is 2.82. The quantitative estimate of drug-likeness (QED) is 0.478. The normalized spacial score (nSPS) is 19.3. The monoisotopic (exact) mass is 542 g/mol. The molecule has 1 fully saturated rings. The summed E-state index contributed by atoms with van der Waals surface area (Å²) in [7, 11) is 0. The van der Waals surface area contributed by atoms with Gasteiger partial charge < -0.3 is 29.9 Å². The predicted octanol–water partition coefficient (Wildman–Crippen LogP) is 4.20. The number of rotatable bonds is 8. The topological polar surface area (TPSA) is 102 Å². The van der Waals surface area contributed by atoms with E-state index in [0.717, 1.165) is 18.6 Å². The number of carbonyl (C=O) groups excluding carboxylic acids is 2. The van der Waals surface area contributed by atoms with E-state index in [9.17, 15) is 32.7 Å². The Morgan fingerprint density at radius 3 is 2.53 bits per heavy atom. The van der Waals surface area contributed by atoms with Gasteiger partial charge in [-0.3, -0.25) is 9.59 Å². The van der Waals surface area contributed by atoms with Crippen molar-refractivity contribution in [3.63, 3.8) is 0 Å². The van der Waals surface area contributed by atoms with Crippen LogP contribution in [0.15, 0.2) is 12.1 Å². The average molecular weight is 543 g/mol. The molecular formula is C26H37F3N4O5. The highest BCUT2D eigenvalue weighted by atomic mass is 19.4. The van der Waals surface area contributed by atoms with E-state index >= 15 is 0 Å². The second-order valence-corrected chi connectivity index (χ2v) is 10.5. The Morgan fingerprint density at radius 1 is 1.26 bits per heavy atom. The van der Waals surface area contributed by atoms with E-state index in [-0.39, 0.29) is 24.5 Å². The second-order valence-electron chi connectivity index (χ2n) is 10.5. The molecule has 1 saturated heterocycles. The van der Waals surface area contributed by atoms with E-state index in [2.05, 4.69) is 5.32 Å². The van der Waals surface area contributed by atoms with Crippen LogP contribution in [0.3, 0.4) is 0 Å². The van der Waals surface area contributed by atoms with Crippen molar-refractivity contribution in [1.82, 2.24) is 15.1 Å². The molecule has 3 rings (SSSR count). The number of nitrogens with zero attached hydrogens (tertiary/aromatic N) is 3. The van der Waals surface area contributed by atoms with Gasteiger partial charge in [0.15, 0.2) is 5.60 Å². The van der Waals surface area contributed by atoms with Gasteiger partial charge in [0.05, 0.1) is 22.9 Å². The van der Waals surface area contributed by atoms with Gasteiger partial charge >= 0.3 is 12.3 Å². The van der Waals surface area contributed by atoms with Crippen LogP contribution >= 0.6 is 0 Å². The number of hydrogen-bond acceptors (Lipinski definition) is 5. The van der Waals surface area contributed by atoms with Crippen LogP contribution in [0.1, 0.15) is 69.8 Å². The lowest BCUT2D eigenvalue weighted by Gasteiger charge is -2.42. The third kappa shape index (κ3) is 6.16. The van der Waals surface area contributed by atoms with Gasteiger partial charge in [0.2, 0.25) is 0 Å². The first kappa shape index (κ1) is 29.5. The zero-order chi connectivity index (χ0) is 28.4. The fourth-order valence-electron chi connectivity index (χ4n) is 5.06. The number of anilines is 1. The molecule has 0 bridgehead atoms. The molecular weight excluding hydrogens is 505 g/mol. The second kappa shape index (κ2) is 11.4. The van der Waals surface area contributed by atoms with Crippen molar-refractivity contribution >= 4 is 23.6 Å². The number of carboxylic acid groups (broad SMARTS) is 1. The first-order valence-electron chi connectivity index (χ1n) is 13.0. The van der Waals surface area contributed by atoms with Crippen molar-refractivity contribution in [2.45, 2.75) is 77.7 Å². The van der Waals surface area contributed by atoms with Crippen LogP contribution in [0.5, 0.6) is 5.75 Å². The predicted molar refractivity (Wildman–Crippen MR) is 136 cm³/mol. The van der Waals surface area contributed by atoms with Crippen molar-refractivity contribution in [2.75, 3.05) is 37.6 Å². The standard InChI is InChI=1S/C26H37F3N4O5/c1-6-9-30-10-12-32-20-13-18(19(26(27,28)29)14-21(20)38-25(4,5)23(32)35)22(34)33(16(2)3)17-8-7-11-31(15-17)24(36)37/h13-14,16-17,30H,6-12,15H2,1-5H3,(H,36,37)/t17-/m1/s1. The lowest BCUT2D eigenvalue weighted by Crippen LogP contribution is -2.55. The number of hydrogen-bond donors (Lipinski definition) is 2. The van der Waals surface area contributed by atoms with Crippen molar-refractivity contribution in [3.8, 4) is 5.75 Å². The zero-order valence-corrected chi connectivity index (χ0v) is 22.5. The number of alkyl halides is 3. The maximum Gasteiger partial charge on any atom is 0.417 e. The number of ether oxygens (including phenoxy) is 1. The molecule has 12 heteroatoms. The molecule has 1 aromatic rings. The van der Waals surface area contributed by atoms with Gasteiger partial charge in [-0.25, -0.2) is 4.79 Å². The Hall–Kier alpha value is -3.02. The van der Waals surface area contributed by atoms with Crippen molar-refractivity contribution in [2.24, 2.45) is 0 Å². The molecule has 1 aromatic carbocycles. The summed E-state index contributed by atoms with van der Waals surface area (Å²) in [6.07, 6.45) is -4.19. The summed E-state index contributed by atoms with van der Waals surface area (Å²) in [6, 6.07) is 0.812. The summed E-state index contributed by atoms with van der Waals surface area (Å²) in [4.78, 5) is 42.5. The number of fused-ring (bicyclic) bond motifs is 1. The van der Waals surface area contributed by atoms with Crippen LogP contribution in [0.4, 0.5) is 23.7 Å². The minimum absolute atomic E-state index is 0.0105. The Kier molecular flexibility index (Phi) is 8.85. The van der Waals surface area contributed by atoms with Crippen molar-refractivity contribution in [1.29, 1.82) is 0 Å². The number of piperidine rings is 1. The molecule has 3 amide bonds. The van der Waals surface area contributed by atoms with Crippen LogP contribution in [-0.2, 0) is 11.0 Å². The van der Waals surface area contributed by atoms with Gasteiger partial charge in [-0.1, -0.05) is 6.92 Å². The summed E-state index contributed by atoms with van der Waals surface area (Å²) >= 11 is 0. The summed E-state index contributed by atoms with van der Waals surface area (Å²) in [5.41, 5.74) is -3.05. The smallest absolute Gasteiger partial charge is 0.417 e. The Morgan fingerprint density at radius 2 is 1.95 bits per heavy atom. The number of amides is 3. The molecule has 0 aliphatic carbocycles. The fourth-order valence-corrected chi connectivity index (χ4v) is 5.06. The van der Waals surface area contributed by atoms with E-state index in [0.29, 0.717) is 32.5 Å². The van der Waals surface area contributed by atoms with E-state index in [4.69, 9.17) is 4.74 Å². The summed E-state index contributed by atoms with van der Waals surface area (Å²) in [5.74, 6) is -1.42. The van der Waals surface area contributed by atoms with Crippen LogP contribution < -0.4 is 15.0 Å². The SMILES string of the molecule is CCCNCCN1C(=O)C(C)(C)Oc2cc(C(F)(F)F)c(C(=O)N(C(C)C)[C@@H]3CCCN(C(=O)O)C3)cc21. The Balaban J connectivity index is 2.10. The Labute approximate surface area is 220 Å². The van der Waals surface area contributed by atoms with E-state index < -0.39 is 52.9 Å². The Bertz CT molecular complexity index is 1060. The molecule has 2 heterocycles. The lowest BCUT2D eigenvalue weighted by atomic mass is 9.96. The lowest BCUT2D eigenvalue weighted by molar-refractivity contribution is -0.138. The highest BCUT2D eigenvalue weighted by Gasteiger charge is 2.45. The number of nitrogens with one attached hydrogen (secondary N) is 1. The molecule has 0 aromatic heterocycles. The number of carbonyl (C=O) groups is 3. The van der Waals surface area contributed by atoms with Crippen molar-refractivity contribution < 1.29 is 37.4 Å². The number of likely N-dealkylation sites (tertiary alicyclic amines) is 1. The molecule has 212 valence electrons. The van der Waals surface area contributed by atoms with E-state index in [1.54, 1.807) is 13.8 Å². The molecule has 0 radical (unpaired) electrons. The molecule has 0 unspecified atom stereocenters. The minimum atomic E-state index is -4.87. The summed E-state index contributed by atoms with van der Waals surface area (Å²) < 4.78 is 48.6. The largest absolute Gasteiger partial charge is 0.476 e. The van der Waals surface area contributed by atoms with Gasteiger partial charge in [0, 0.05) is 32.2 Å². The number of benzene rings is 1.